The predicted molar refractivity (Wildman–Crippen MR) is 115 cm³/mol. The maximum atomic E-state index is 13.6. The molecule has 0 aliphatic rings. The van der Waals surface area contributed by atoms with Gasteiger partial charge in [0.2, 0.25) is 0 Å². The molecule has 0 saturated heterocycles. The lowest BCUT2D eigenvalue weighted by molar-refractivity contribution is -0.136. The molecule has 1 aromatic heterocycles. The highest BCUT2D eigenvalue weighted by Crippen LogP contribution is 2.40. The lowest BCUT2D eigenvalue weighted by atomic mass is 9.90. The van der Waals surface area contributed by atoms with Crippen LogP contribution in [0.4, 0.5) is 13.2 Å². The van der Waals surface area contributed by atoms with Crippen LogP contribution in [0.5, 0.6) is 0 Å². The Kier molecular flexibility index (Phi) is 5.64. The Bertz CT molecular complexity index is 1290. The molecule has 0 aliphatic carbocycles. The van der Waals surface area contributed by atoms with Crippen molar-refractivity contribution in [2.75, 3.05) is 0 Å². The van der Waals surface area contributed by atoms with Gasteiger partial charge in [-0.05, 0) is 52.4 Å². The minimum Gasteiger partial charge on any atom is -0.772 e. The van der Waals surface area contributed by atoms with E-state index in [-0.39, 0.29) is 11.3 Å². The molecular weight excluding hydrogens is 423 g/mol. The van der Waals surface area contributed by atoms with Gasteiger partial charge in [-0.3, -0.25) is 9.19 Å². The van der Waals surface area contributed by atoms with Gasteiger partial charge in [-0.25, -0.2) is 0 Å². The van der Waals surface area contributed by atoms with Crippen LogP contribution in [0.2, 0.25) is 0 Å². The van der Waals surface area contributed by atoms with E-state index >= 15 is 0 Å². The summed E-state index contributed by atoms with van der Waals surface area (Å²) in [4.78, 5) is 4.06. The molecule has 0 aliphatic heterocycles. The highest BCUT2D eigenvalue weighted by atomic mass is 32.2. The number of aryl methyl sites for hydroxylation is 1. The zero-order valence-corrected chi connectivity index (χ0v) is 17.3. The Balaban J connectivity index is 2.04. The highest BCUT2D eigenvalue weighted by molar-refractivity contribution is 7.78. The van der Waals surface area contributed by atoms with E-state index < -0.39 is 22.8 Å². The summed E-state index contributed by atoms with van der Waals surface area (Å²) >= 11 is -2.36. The van der Waals surface area contributed by atoms with Gasteiger partial charge in [-0.15, -0.1) is 0 Å². The number of halogens is 3. The smallest absolute Gasteiger partial charge is 0.418 e. The van der Waals surface area contributed by atoms with Crippen molar-refractivity contribution in [2.45, 2.75) is 18.9 Å². The lowest BCUT2D eigenvalue weighted by Crippen LogP contribution is -2.07. The number of rotatable bonds is 4. The largest absolute Gasteiger partial charge is 0.772 e. The highest BCUT2D eigenvalue weighted by Gasteiger charge is 2.33. The van der Waals surface area contributed by atoms with Crippen LogP contribution in [-0.4, -0.2) is 13.7 Å². The van der Waals surface area contributed by atoms with Crippen LogP contribution in [0.25, 0.3) is 33.2 Å². The summed E-state index contributed by atoms with van der Waals surface area (Å²) in [5, 5.41) is 0.331. The molecule has 158 valence electrons. The molecule has 4 aromatic rings. The molecule has 3 aromatic carbocycles. The molecule has 0 saturated carbocycles. The minimum atomic E-state index is -4.55. The number of hydrogen-bond donors (Lipinski definition) is 0. The normalized spacial score (nSPS) is 12.8. The van der Waals surface area contributed by atoms with Crippen LogP contribution in [0.15, 0.2) is 72.9 Å². The molecule has 31 heavy (non-hydrogen) atoms. The summed E-state index contributed by atoms with van der Waals surface area (Å²) in [7, 11) is 0. The third kappa shape index (κ3) is 4.24. The first-order chi connectivity index (χ1) is 14.8. The zero-order valence-electron chi connectivity index (χ0n) is 16.4. The topological polar surface area (TPSA) is 53.0 Å². The number of pyridine rings is 1. The van der Waals surface area contributed by atoms with Crippen molar-refractivity contribution >= 4 is 22.0 Å². The molecular formula is C24H17F3NO2S-. The number of fused-ring (bicyclic) bond motifs is 1. The number of aromatic nitrogens is 1. The molecule has 0 bridgehead atoms. The summed E-state index contributed by atoms with van der Waals surface area (Å²) in [5.74, 6) is -0.243. The van der Waals surface area contributed by atoms with E-state index in [1.165, 1.54) is 12.3 Å². The summed E-state index contributed by atoms with van der Waals surface area (Å²) in [6, 6.07) is 18.8. The Labute approximate surface area is 179 Å². The fraction of sp³-hybridized carbons (Fsp3) is 0.125. The standard InChI is InChI=1S/C24H18F3NO2S/c1-15-13-28-23-19(8-5-9-21(23)24(25,26)27)22(15)20-12-17(16-6-3-2-4-7-16)10-11-18(20)14-31(29)30/h2-13H,14H2,1H3,(H,29,30)/p-1. The van der Waals surface area contributed by atoms with Crippen molar-refractivity contribution in [1.82, 2.24) is 4.98 Å². The van der Waals surface area contributed by atoms with E-state index in [2.05, 4.69) is 4.98 Å². The third-order valence-electron chi connectivity index (χ3n) is 5.15. The second kappa shape index (κ2) is 8.24. The summed E-state index contributed by atoms with van der Waals surface area (Å²) in [6.07, 6.45) is -3.15. The summed E-state index contributed by atoms with van der Waals surface area (Å²) in [5.41, 5.74) is 3.09. The van der Waals surface area contributed by atoms with E-state index in [9.17, 15) is 21.9 Å². The van der Waals surface area contributed by atoms with Crippen molar-refractivity contribution in [3.63, 3.8) is 0 Å². The van der Waals surface area contributed by atoms with Crippen molar-refractivity contribution < 1.29 is 21.9 Å². The average Bonchev–Trinajstić information content (AvgIpc) is 2.73. The van der Waals surface area contributed by atoms with Gasteiger partial charge in [-0.2, -0.15) is 13.2 Å². The number of alkyl halides is 3. The SMILES string of the molecule is Cc1cnc2c(C(F)(F)F)cccc2c1-c1cc(-c2ccccc2)ccc1CS(=O)[O-]. The van der Waals surface area contributed by atoms with Gasteiger partial charge in [0.25, 0.3) is 0 Å². The van der Waals surface area contributed by atoms with Crippen LogP contribution in [0.3, 0.4) is 0 Å². The second-order valence-corrected chi connectivity index (χ2v) is 8.10. The van der Waals surface area contributed by atoms with Crippen LogP contribution in [-0.2, 0) is 23.0 Å². The predicted octanol–water partition coefficient (Wildman–Crippen LogP) is 6.28. The number of nitrogens with zero attached hydrogens (tertiary/aromatic N) is 1. The Morgan fingerprint density at radius 3 is 2.39 bits per heavy atom. The van der Waals surface area contributed by atoms with Gasteiger partial charge in [0.15, 0.2) is 0 Å². The molecule has 0 spiro atoms. The number of para-hydroxylation sites is 1. The van der Waals surface area contributed by atoms with Crippen molar-refractivity contribution in [3.05, 3.63) is 89.6 Å². The molecule has 0 radical (unpaired) electrons. The second-order valence-electron chi connectivity index (χ2n) is 7.20. The van der Waals surface area contributed by atoms with E-state index in [1.54, 1.807) is 19.1 Å². The van der Waals surface area contributed by atoms with Crippen LogP contribution in [0, 0.1) is 6.92 Å². The molecule has 1 unspecified atom stereocenters. The molecule has 1 atom stereocenters. The molecule has 7 heteroatoms. The van der Waals surface area contributed by atoms with E-state index in [0.717, 1.165) is 17.2 Å². The fourth-order valence-electron chi connectivity index (χ4n) is 3.78. The number of hydrogen-bond acceptors (Lipinski definition) is 3. The molecule has 1 heterocycles. The maximum absolute atomic E-state index is 13.6. The first kappa shape index (κ1) is 21.2. The molecule has 0 fully saturated rings. The van der Waals surface area contributed by atoms with Crippen LogP contribution in [0.1, 0.15) is 16.7 Å². The zero-order chi connectivity index (χ0) is 22.2. The van der Waals surface area contributed by atoms with Gasteiger partial charge in [0, 0.05) is 17.3 Å². The van der Waals surface area contributed by atoms with Gasteiger partial charge in [0.05, 0.1) is 11.1 Å². The Morgan fingerprint density at radius 2 is 1.71 bits per heavy atom. The fourth-order valence-corrected chi connectivity index (χ4v) is 4.29. The van der Waals surface area contributed by atoms with E-state index in [1.807, 2.05) is 42.5 Å². The van der Waals surface area contributed by atoms with E-state index in [0.29, 0.717) is 27.6 Å². The first-order valence-electron chi connectivity index (χ1n) is 9.46. The third-order valence-corrected chi connectivity index (χ3v) is 5.70. The van der Waals surface area contributed by atoms with Gasteiger partial charge in [0.1, 0.15) is 0 Å². The lowest BCUT2D eigenvalue weighted by Gasteiger charge is -2.18. The van der Waals surface area contributed by atoms with Crippen molar-refractivity contribution in [3.8, 4) is 22.3 Å². The first-order valence-corrected chi connectivity index (χ1v) is 10.7. The summed E-state index contributed by atoms with van der Waals surface area (Å²) < 4.78 is 63.7. The molecule has 0 N–H and O–H groups in total. The Hall–Kier alpha value is -3.03. The van der Waals surface area contributed by atoms with Crippen molar-refractivity contribution in [2.24, 2.45) is 0 Å². The molecule has 3 nitrogen and oxygen atoms in total. The average molecular weight is 440 g/mol. The molecule has 0 amide bonds. The number of benzene rings is 3. The van der Waals surface area contributed by atoms with E-state index in [4.69, 9.17) is 0 Å². The minimum absolute atomic E-state index is 0.157. The Morgan fingerprint density at radius 1 is 0.968 bits per heavy atom. The van der Waals surface area contributed by atoms with Gasteiger partial charge < -0.3 is 4.55 Å². The maximum Gasteiger partial charge on any atom is 0.418 e. The van der Waals surface area contributed by atoms with Crippen molar-refractivity contribution in [1.29, 1.82) is 0 Å². The van der Waals surface area contributed by atoms with Crippen LogP contribution >= 0.6 is 0 Å². The van der Waals surface area contributed by atoms with Gasteiger partial charge >= 0.3 is 6.18 Å². The van der Waals surface area contributed by atoms with Crippen LogP contribution < -0.4 is 0 Å². The quantitative estimate of drug-likeness (QED) is 0.351. The van der Waals surface area contributed by atoms with Gasteiger partial charge in [-0.1, -0.05) is 65.7 Å². The monoisotopic (exact) mass is 440 g/mol. The molecule has 4 rings (SSSR count). The summed E-state index contributed by atoms with van der Waals surface area (Å²) in [6.45, 7) is 1.76.